The summed E-state index contributed by atoms with van der Waals surface area (Å²) in [7, 11) is 1.34. The van der Waals surface area contributed by atoms with Gasteiger partial charge < -0.3 is 19.7 Å². The zero-order chi connectivity index (χ0) is 23.1. The van der Waals surface area contributed by atoms with Crippen LogP contribution in [-0.4, -0.2) is 59.9 Å². The third-order valence-electron chi connectivity index (χ3n) is 4.40. The Morgan fingerprint density at radius 2 is 1.94 bits per heavy atom. The highest BCUT2D eigenvalue weighted by molar-refractivity contribution is 7.17. The average molecular weight is 463 g/mol. The Kier molecular flexibility index (Phi) is 6.05. The largest absolute Gasteiger partial charge is 0.469 e. The lowest BCUT2D eigenvalue weighted by Gasteiger charge is -2.24. The van der Waals surface area contributed by atoms with Crippen molar-refractivity contribution in [2.75, 3.05) is 20.1 Å². The summed E-state index contributed by atoms with van der Waals surface area (Å²) < 4.78 is 65.6. The van der Waals surface area contributed by atoms with E-state index in [1.54, 1.807) is 20.8 Å². The maximum Gasteiger partial charge on any atom is 0.418 e. The number of carbonyl (C=O) groups excluding carboxylic acids is 2. The van der Waals surface area contributed by atoms with Gasteiger partial charge in [0.05, 0.1) is 34.4 Å². The van der Waals surface area contributed by atoms with Crippen molar-refractivity contribution >= 4 is 33.6 Å². The van der Waals surface area contributed by atoms with Crippen LogP contribution >= 0.6 is 11.3 Å². The van der Waals surface area contributed by atoms with E-state index in [2.05, 4.69) is 10.3 Å². The fourth-order valence-electron chi connectivity index (χ4n) is 3.03. The van der Waals surface area contributed by atoms with Crippen molar-refractivity contribution in [2.24, 2.45) is 0 Å². The first-order valence-electron chi connectivity index (χ1n) is 9.30. The minimum atomic E-state index is -4.74. The summed E-state index contributed by atoms with van der Waals surface area (Å²) in [6.07, 6.45) is -8.38. The molecule has 12 heteroatoms. The third kappa shape index (κ3) is 5.00. The molecule has 1 N–H and O–H groups in total. The molecule has 2 aromatic rings. The van der Waals surface area contributed by atoms with Crippen LogP contribution in [0.1, 0.15) is 36.7 Å². The van der Waals surface area contributed by atoms with Gasteiger partial charge in [-0.2, -0.15) is 13.2 Å². The Labute approximate surface area is 179 Å². The molecule has 0 radical (unpaired) electrons. The van der Waals surface area contributed by atoms with Gasteiger partial charge in [-0.05, 0) is 20.8 Å². The lowest BCUT2D eigenvalue weighted by molar-refractivity contribution is -0.136. The number of fused-ring (bicyclic) bond motifs is 1. The summed E-state index contributed by atoms with van der Waals surface area (Å²) in [6, 6.07) is 0.676. The van der Waals surface area contributed by atoms with Crippen molar-refractivity contribution in [1.29, 1.82) is 0 Å². The van der Waals surface area contributed by atoms with E-state index >= 15 is 0 Å². The molecule has 2 aromatic heterocycles. The standard InChI is InChI=1S/C19H21F4N3O4S/c1-18(2,3)30-17(28)26-6-11(20)12(7-26)29-13-5-10(19(21,22)23)15-14(25-13)9(8-31-15)16(27)24-4/h5,8,11-12H,6-7H2,1-4H3,(H,24,27)/t11-,12-/m1/s1. The Balaban J connectivity index is 1.91. The van der Waals surface area contributed by atoms with E-state index in [0.29, 0.717) is 6.07 Å². The molecule has 3 heterocycles. The predicted octanol–water partition coefficient (Wildman–Crippen LogP) is 4.01. The van der Waals surface area contributed by atoms with Crippen LogP contribution in [0.2, 0.25) is 0 Å². The maximum absolute atomic E-state index is 14.5. The van der Waals surface area contributed by atoms with Gasteiger partial charge in [0.1, 0.15) is 5.60 Å². The molecule has 3 rings (SSSR count). The van der Waals surface area contributed by atoms with Gasteiger partial charge in [0.15, 0.2) is 12.3 Å². The summed E-state index contributed by atoms with van der Waals surface area (Å²) >= 11 is 0.730. The first kappa shape index (κ1) is 23.0. The molecule has 1 aliphatic rings. The number of ether oxygens (including phenoxy) is 2. The van der Waals surface area contributed by atoms with Gasteiger partial charge >= 0.3 is 12.3 Å². The predicted molar refractivity (Wildman–Crippen MR) is 105 cm³/mol. The highest BCUT2D eigenvalue weighted by Crippen LogP contribution is 2.40. The molecule has 1 fully saturated rings. The van der Waals surface area contributed by atoms with E-state index < -0.39 is 47.5 Å². The second-order valence-corrected chi connectivity index (χ2v) is 8.85. The zero-order valence-electron chi connectivity index (χ0n) is 17.2. The van der Waals surface area contributed by atoms with Gasteiger partial charge in [0, 0.05) is 18.5 Å². The molecule has 0 bridgehead atoms. The van der Waals surface area contributed by atoms with Gasteiger partial charge in [-0.1, -0.05) is 0 Å². The Hall–Kier alpha value is -2.63. The molecule has 1 saturated heterocycles. The number of pyridine rings is 1. The van der Waals surface area contributed by atoms with E-state index in [9.17, 15) is 27.2 Å². The number of halogens is 4. The normalized spacial score (nSPS) is 19.5. The van der Waals surface area contributed by atoms with Gasteiger partial charge in [0.2, 0.25) is 5.88 Å². The molecule has 2 atom stereocenters. The fraction of sp³-hybridized carbons (Fsp3) is 0.526. The Bertz CT molecular complexity index is 1000. The lowest BCUT2D eigenvalue weighted by Crippen LogP contribution is -2.36. The second-order valence-electron chi connectivity index (χ2n) is 7.97. The summed E-state index contributed by atoms with van der Waals surface area (Å²) in [4.78, 5) is 29.3. The smallest absolute Gasteiger partial charge is 0.418 e. The SMILES string of the molecule is CNC(=O)c1csc2c(C(F)(F)F)cc(O[C@@H]3CN(C(=O)OC(C)(C)C)C[C@H]3F)nc12. The highest BCUT2D eigenvalue weighted by Gasteiger charge is 2.40. The van der Waals surface area contributed by atoms with Gasteiger partial charge in [-0.3, -0.25) is 4.79 Å². The number of likely N-dealkylation sites (tertiary alicyclic amines) is 1. The van der Waals surface area contributed by atoms with E-state index in [0.717, 1.165) is 16.2 Å². The highest BCUT2D eigenvalue weighted by atomic mass is 32.1. The fourth-order valence-corrected chi connectivity index (χ4v) is 4.05. The number of alkyl halides is 4. The van der Waals surface area contributed by atoms with Crippen molar-refractivity contribution in [3.8, 4) is 5.88 Å². The summed E-state index contributed by atoms with van der Waals surface area (Å²) in [6.45, 7) is 4.43. The molecule has 0 aromatic carbocycles. The first-order chi connectivity index (χ1) is 14.3. The Morgan fingerprint density at radius 3 is 2.52 bits per heavy atom. The molecule has 2 amide bonds. The molecular weight excluding hydrogens is 442 g/mol. The number of nitrogens with zero attached hydrogens (tertiary/aromatic N) is 2. The van der Waals surface area contributed by atoms with Crippen LogP contribution in [0.15, 0.2) is 11.4 Å². The minimum Gasteiger partial charge on any atom is -0.469 e. The molecule has 1 aliphatic heterocycles. The van der Waals surface area contributed by atoms with Crippen molar-refractivity contribution in [3.05, 3.63) is 22.6 Å². The van der Waals surface area contributed by atoms with E-state index in [1.807, 2.05) is 0 Å². The number of rotatable bonds is 3. The van der Waals surface area contributed by atoms with Crippen molar-refractivity contribution in [3.63, 3.8) is 0 Å². The van der Waals surface area contributed by atoms with Crippen LogP contribution < -0.4 is 10.1 Å². The number of thiophene rings is 1. The summed E-state index contributed by atoms with van der Waals surface area (Å²) in [5.74, 6) is -1.09. The molecular formula is C19H21F4N3O4S. The molecule has 170 valence electrons. The number of carbonyl (C=O) groups is 2. The molecule has 31 heavy (non-hydrogen) atoms. The minimum absolute atomic E-state index is 0.0444. The van der Waals surface area contributed by atoms with Crippen LogP contribution in [0.5, 0.6) is 5.88 Å². The molecule has 0 saturated carbocycles. The monoisotopic (exact) mass is 463 g/mol. The number of nitrogens with one attached hydrogen (secondary N) is 1. The van der Waals surface area contributed by atoms with Gasteiger partial charge in [-0.25, -0.2) is 14.2 Å². The van der Waals surface area contributed by atoms with Crippen LogP contribution in [0.4, 0.5) is 22.4 Å². The number of amides is 2. The quantitative estimate of drug-likeness (QED) is 0.696. The molecule has 0 unspecified atom stereocenters. The number of hydrogen-bond donors (Lipinski definition) is 1. The van der Waals surface area contributed by atoms with E-state index in [4.69, 9.17) is 9.47 Å². The third-order valence-corrected chi connectivity index (χ3v) is 5.40. The number of hydrogen-bond acceptors (Lipinski definition) is 6. The van der Waals surface area contributed by atoms with E-state index in [-0.39, 0.29) is 28.9 Å². The molecule has 0 aliphatic carbocycles. The topological polar surface area (TPSA) is 80.8 Å². The van der Waals surface area contributed by atoms with Crippen molar-refractivity contribution < 1.29 is 36.6 Å². The van der Waals surface area contributed by atoms with Crippen LogP contribution in [-0.2, 0) is 10.9 Å². The van der Waals surface area contributed by atoms with Crippen LogP contribution in [0.3, 0.4) is 0 Å². The van der Waals surface area contributed by atoms with E-state index in [1.165, 1.54) is 12.4 Å². The van der Waals surface area contributed by atoms with Gasteiger partial charge in [0.25, 0.3) is 5.91 Å². The molecule has 0 spiro atoms. The Morgan fingerprint density at radius 1 is 1.26 bits per heavy atom. The summed E-state index contributed by atoms with van der Waals surface area (Å²) in [5, 5.41) is 3.61. The zero-order valence-corrected chi connectivity index (χ0v) is 18.0. The van der Waals surface area contributed by atoms with Gasteiger partial charge in [-0.15, -0.1) is 11.3 Å². The summed E-state index contributed by atoms with van der Waals surface area (Å²) in [5.41, 5.74) is -2.06. The average Bonchev–Trinajstić information content (AvgIpc) is 3.22. The first-order valence-corrected chi connectivity index (χ1v) is 10.2. The molecule has 7 nitrogen and oxygen atoms in total. The van der Waals surface area contributed by atoms with Crippen LogP contribution in [0, 0.1) is 0 Å². The number of aromatic nitrogens is 1. The lowest BCUT2D eigenvalue weighted by atomic mass is 10.2. The van der Waals surface area contributed by atoms with Crippen molar-refractivity contribution in [2.45, 2.75) is 44.8 Å². The second kappa shape index (κ2) is 8.13. The van der Waals surface area contributed by atoms with Crippen molar-refractivity contribution in [1.82, 2.24) is 15.2 Å². The maximum atomic E-state index is 14.5. The van der Waals surface area contributed by atoms with Crippen LogP contribution in [0.25, 0.3) is 10.2 Å².